The molecule has 198 valence electrons. The first kappa shape index (κ1) is 28.1. The number of tetrazole rings is 1. The number of nitrogens with zero attached hydrogens (tertiary/aromatic N) is 3. The minimum atomic E-state index is -1.26. The number of hydrogen-bond donors (Lipinski definition) is 2. The second-order valence-electron chi connectivity index (χ2n) is 7.71. The van der Waals surface area contributed by atoms with E-state index in [9.17, 15) is 14.4 Å². The molecule has 0 aliphatic carbocycles. The molecule has 0 radical (unpaired) electrons. The molecule has 3 atom stereocenters. The second-order valence-corrected chi connectivity index (χ2v) is 8.49. The SMILES string of the molecule is CCOC(=O)C1=C(C(OC)C(C(=O)OC)c2nn[nH]n2)NC(C)=C(C(=O)OC)C1c1cccc(Cl)c1Cl. The molecule has 1 aromatic heterocycles. The first-order chi connectivity index (χ1) is 17.7. The van der Waals surface area contributed by atoms with Crippen LogP contribution in [0.5, 0.6) is 0 Å². The molecular weight excluding hydrogens is 529 g/mol. The molecule has 0 amide bonds. The van der Waals surface area contributed by atoms with E-state index in [1.807, 2.05) is 0 Å². The van der Waals surface area contributed by atoms with Crippen molar-refractivity contribution in [3.05, 3.63) is 62.2 Å². The lowest BCUT2D eigenvalue weighted by atomic mass is 9.78. The lowest BCUT2D eigenvalue weighted by Gasteiger charge is -2.35. The van der Waals surface area contributed by atoms with Gasteiger partial charge in [0.25, 0.3) is 0 Å². The van der Waals surface area contributed by atoms with Crippen molar-refractivity contribution in [2.24, 2.45) is 0 Å². The number of methoxy groups -OCH3 is 3. The molecule has 37 heavy (non-hydrogen) atoms. The Morgan fingerprint density at radius 2 is 1.81 bits per heavy atom. The van der Waals surface area contributed by atoms with E-state index in [1.54, 1.807) is 32.0 Å². The average Bonchev–Trinajstić information content (AvgIpc) is 3.41. The highest BCUT2D eigenvalue weighted by atomic mass is 35.5. The lowest BCUT2D eigenvalue weighted by molar-refractivity contribution is -0.146. The topological polar surface area (TPSA) is 155 Å². The number of rotatable bonds is 9. The normalized spacial score (nSPS) is 17.1. The minimum absolute atomic E-state index is 0.0186. The lowest BCUT2D eigenvalue weighted by Crippen LogP contribution is -2.42. The van der Waals surface area contributed by atoms with Gasteiger partial charge in [-0.3, -0.25) is 4.79 Å². The molecule has 0 saturated heterocycles. The summed E-state index contributed by atoms with van der Waals surface area (Å²) in [5, 5.41) is 17.0. The summed E-state index contributed by atoms with van der Waals surface area (Å²) in [5.74, 6) is -4.68. The molecule has 2 heterocycles. The van der Waals surface area contributed by atoms with Gasteiger partial charge in [0, 0.05) is 12.8 Å². The molecule has 2 aromatic rings. The van der Waals surface area contributed by atoms with Gasteiger partial charge in [0.2, 0.25) is 0 Å². The van der Waals surface area contributed by atoms with E-state index in [4.69, 9.17) is 42.1 Å². The Morgan fingerprint density at radius 1 is 1.08 bits per heavy atom. The molecule has 1 aliphatic heterocycles. The van der Waals surface area contributed by atoms with E-state index in [2.05, 4.69) is 25.9 Å². The quantitative estimate of drug-likeness (QED) is 0.347. The molecule has 14 heteroatoms. The van der Waals surface area contributed by atoms with Crippen LogP contribution in [0.4, 0.5) is 0 Å². The van der Waals surface area contributed by atoms with E-state index >= 15 is 0 Å². The van der Waals surface area contributed by atoms with E-state index < -0.39 is 35.8 Å². The molecule has 2 N–H and O–H groups in total. The first-order valence-corrected chi connectivity index (χ1v) is 11.7. The summed E-state index contributed by atoms with van der Waals surface area (Å²) in [6, 6.07) is 4.82. The maximum absolute atomic E-state index is 13.5. The Hall–Kier alpha value is -3.48. The average molecular weight is 554 g/mol. The third kappa shape index (κ3) is 5.45. The number of carbonyl (C=O) groups excluding carboxylic acids is 3. The summed E-state index contributed by atoms with van der Waals surface area (Å²) in [7, 11) is 3.73. The van der Waals surface area contributed by atoms with Gasteiger partial charge in [-0.05, 0) is 25.5 Å². The van der Waals surface area contributed by atoms with Crippen LogP contribution in [-0.2, 0) is 33.3 Å². The van der Waals surface area contributed by atoms with Crippen LogP contribution in [0.25, 0.3) is 0 Å². The molecule has 0 saturated carbocycles. The number of halogens is 2. The van der Waals surface area contributed by atoms with Crippen LogP contribution in [0.1, 0.15) is 37.1 Å². The molecule has 3 unspecified atom stereocenters. The highest BCUT2D eigenvalue weighted by Crippen LogP contribution is 2.45. The molecule has 0 fully saturated rings. The van der Waals surface area contributed by atoms with Crippen molar-refractivity contribution in [1.82, 2.24) is 25.9 Å². The zero-order valence-electron chi connectivity index (χ0n) is 20.6. The Labute approximate surface area is 222 Å². The van der Waals surface area contributed by atoms with Crippen LogP contribution >= 0.6 is 23.2 Å². The molecule has 0 bridgehead atoms. The molecule has 1 aromatic carbocycles. The number of aromatic amines is 1. The summed E-state index contributed by atoms with van der Waals surface area (Å²) in [6.07, 6.45) is -1.21. The smallest absolute Gasteiger partial charge is 0.336 e. The number of dihydropyridines is 1. The van der Waals surface area contributed by atoms with Crippen LogP contribution in [0.3, 0.4) is 0 Å². The number of nitrogens with one attached hydrogen (secondary N) is 2. The molecular formula is C23H25Cl2N5O7. The number of ether oxygens (including phenoxy) is 4. The molecule has 3 rings (SSSR count). The predicted octanol–water partition coefficient (Wildman–Crippen LogP) is 2.43. The fourth-order valence-corrected chi connectivity index (χ4v) is 4.58. The highest BCUT2D eigenvalue weighted by molar-refractivity contribution is 6.42. The van der Waals surface area contributed by atoms with Crippen LogP contribution in [-0.4, -0.2) is 72.6 Å². The van der Waals surface area contributed by atoms with Gasteiger partial charge in [-0.1, -0.05) is 40.5 Å². The van der Waals surface area contributed by atoms with Gasteiger partial charge in [-0.25, -0.2) is 9.59 Å². The van der Waals surface area contributed by atoms with Crippen LogP contribution in [0.2, 0.25) is 10.0 Å². The van der Waals surface area contributed by atoms with Crippen LogP contribution in [0.15, 0.2) is 40.7 Å². The van der Waals surface area contributed by atoms with Crippen molar-refractivity contribution in [1.29, 1.82) is 0 Å². The van der Waals surface area contributed by atoms with E-state index in [-0.39, 0.29) is 39.3 Å². The van der Waals surface area contributed by atoms with Gasteiger partial charge >= 0.3 is 17.9 Å². The number of carbonyl (C=O) groups is 3. The zero-order chi connectivity index (χ0) is 27.3. The van der Waals surface area contributed by atoms with Gasteiger partial charge in [-0.2, -0.15) is 5.21 Å². The summed E-state index contributed by atoms with van der Waals surface area (Å²) < 4.78 is 21.1. The van der Waals surface area contributed by atoms with Crippen molar-refractivity contribution in [3.8, 4) is 0 Å². The number of aromatic nitrogens is 4. The van der Waals surface area contributed by atoms with Crippen molar-refractivity contribution in [2.75, 3.05) is 27.9 Å². The number of hydrogen-bond acceptors (Lipinski definition) is 11. The van der Waals surface area contributed by atoms with E-state index in [0.717, 1.165) is 0 Å². The van der Waals surface area contributed by atoms with Crippen molar-refractivity contribution in [3.63, 3.8) is 0 Å². The Balaban J connectivity index is 2.39. The Morgan fingerprint density at radius 3 is 2.38 bits per heavy atom. The van der Waals surface area contributed by atoms with Gasteiger partial charge in [-0.15, -0.1) is 10.2 Å². The van der Waals surface area contributed by atoms with Gasteiger partial charge in [0.1, 0.15) is 6.10 Å². The third-order valence-electron chi connectivity index (χ3n) is 5.72. The third-order valence-corrected chi connectivity index (χ3v) is 6.56. The van der Waals surface area contributed by atoms with Crippen LogP contribution < -0.4 is 5.32 Å². The van der Waals surface area contributed by atoms with Gasteiger partial charge in [0.15, 0.2) is 11.7 Å². The van der Waals surface area contributed by atoms with Crippen molar-refractivity contribution >= 4 is 41.1 Å². The summed E-state index contributed by atoms with van der Waals surface area (Å²) in [6.45, 7) is 3.25. The number of benzene rings is 1. The largest absolute Gasteiger partial charge is 0.468 e. The maximum atomic E-state index is 13.5. The monoisotopic (exact) mass is 553 g/mol. The number of allylic oxidation sites excluding steroid dienone is 1. The first-order valence-electron chi connectivity index (χ1n) is 11.0. The predicted molar refractivity (Wildman–Crippen MR) is 130 cm³/mol. The van der Waals surface area contributed by atoms with Crippen molar-refractivity contribution in [2.45, 2.75) is 31.8 Å². The summed E-state index contributed by atoms with van der Waals surface area (Å²) >= 11 is 12.9. The van der Waals surface area contributed by atoms with E-state index in [0.29, 0.717) is 11.3 Å². The summed E-state index contributed by atoms with van der Waals surface area (Å²) in [4.78, 5) is 39.4. The molecule has 1 aliphatic rings. The maximum Gasteiger partial charge on any atom is 0.336 e. The molecule has 0 spiro atoms. The van der Waals surface area contributed by atoms with Gasteiger partial charge in [0.05, 0.1) is 53.6 Å². The van der Waals surface area contributed by atoms with Gasteiger partial charge < -0.3 is 24.3 Å². The fraction of sp³-hybridized carbons (Fsp3) is 0.391. The second kappa shape index (κ2) is 12.2. The Bertz CT molecular complexity index is 1250. The standard InChI is InChI=1S/C23H25Cl2N5O7/c1-6-37-23(33)15-14(11-8-7-9-12(24)17(11)25)13(21(31)35-4)10(2)26-18(15)19(34-3)16(22(32)36-5)20-27-29-30-28-20/h7-9,14,16,19,26H,6H2,1-5H3,(H,27,28,29,30). The summed E-state index contributed by atoms with van der Waals surface area (Å²) in [5.41, 5.74) is 0.783. The van der Waals surface area contributed by atoms with Crippen LogP contribution in [0, 0.1) is 0 Å². The highest BCUT2D eigenvalue weighted by Gasteiger charge is 2.46. The Kier molecular flexibility index (Phi) is 9.24. The number of H-pyrrole nitrogens is 1. The fourth-order valence-electron chi connectivity index (χ4n) is 4.16. The minimum Gasteiger partial charge on any atom is -0.468 e. The van der Waals surface area contributed by atoms with E-state index in [1.165, 1.54) is 21.3 Å². The zero-order valence-corrected chi connectivity index (χ0v) is 22.1. The molecule has 12 nitrogen and oxygen atoms in total. The van der Waals surface area contributed by atoms with Crippen molar-refractivity contribution < 1.29 is 33.3 Å². The number of esters is 3.